The van der Waals surface area contributed by atoms with Gasteiger partial charge in [0.1, 0.15) is 12.3 Å². The normalized spacial score (nSPS) is 15.4. The molecule has 0 saturated heterocycles. The average Bonchev–Trinajstić information content (AvgIpc) is 2.91. The zero-order chi connectivity index (χ0) is 19.0. The van der Waals surface area contributed by atoms with Crippen LogP contribution >= 0.6 is 0 Å². The summed E-state index contributed by atoms with van der Waals surface area (Å²) >= 11 is 0. The first kappa shape index (κ1) is 17.0. The number of nitrogens with one attached hydrogen (secondary N) is 1. The van der Waals surface area contributed by atoms with Gasteiger partial charge >= 0.3 is 0 Å². The molecule has 0 fully saturated rings. The Morgan fingerprint density at radius 1 is 1.07 bits per heavy atom. The van der Waals surface area contributed by atoms with E-state index in [-0.39, 0.29) is 17.9 Å². The van der Waals surface area contributed by atoms with E-state index in [1.807, 2.05) is 42.5 Å². The molecule has 2 aromatic carbocycles. The number of hydrogen-bond donors (Lipinski definition) is 1. The number of ether oxygens (including phenoxy) is 2. The van der Waals surface area contributed by atoms with Crippen LogP contribution in [0.5, 0.6) is 11.5 Å². The zero-order valence-electron chi connectivity index (χ0n) is 15.0. The molecule has 7 heteroatoms. The molecule has 2 heterocycles. The first-order valence-electron chi connectivity index (χ1n) is 8.59. The molecule has 1 unspecified atom stereocenters. The van der Waals surface area contributed by atoms with E-state index < -0.39 is 12.0 Å². The lowest BCUT2D eigenvalue weighted by atomic mass is 10.2. The number of rotatable bonds is 3. The summed E-state index contributed by atoms with van der Waals surface area (Å²) in [6.07, 6.45) is -0.830. The second-order valence-corrected chi connectivity index (χ2v) is 6.29. The van der Waals surface area contributed by atoms with Crippen LogP contribution in [0.2, 0.25) is 0 Å². The van der Waals surface area contributed by atoms with Crippen LogP contribution in [0.25, 0.3) is 5.69 Å². The van der Waals surface area contributed by atoms with Crippen LogP contribution in [-0.4, -0.2) is 28.0 Å². The fraction of sp³-hybridized carbons (Fsp3) is 0.200. The van der Waals surface area contributed by atoms with E-state index in [1.54, 1.807) is 30.8 Å². The SMILES string of the molecule is Cc1c(NC(=O)C2COc3ccccc3O2)c(=O)n(-c2ccccc2)n1C. The van der Waals surface area contributed by atoms with Gasteiger partial charge in [-0.05, 0) is 31.2 Å². The van der Waals surface area contributed by atoms with Crippen LogP contribution in [0.15, 0.2) is 59.4 Å². The molecule has 3 aromatic rings. The molecule has 7 nitrogen and oxygen atoms in total. The van der Waals surface area contributed by atoms with Crippen molar-refractivity contribution in [1.29, 1.82) is 0 Å². The highest BCUT2D eigenvalue weighted by molar-refractivity contribution is 5.95. The van der Waals surface area contributed by atoms with Gasteiger partial charge < -0.3 is 14.8 Å². The second kappa shape index (κ2) is 6.68. The second-order valence-electron chi connectivity index (χ2n) is 6.29. The predicted molar refractivity (Wildman–Crippen MR) is 101 cm³/mol. The number of amides is 1. The summed E-state index contributed by atoms with van der Waals surface area (Å²) in [6, 6.07) is 16.4. The number of anilines is 1. The number of nitrogens with zero attached hydrogens (tertiary/aromatic N) is 2. The van der Waals surface area contributed by atoms with E-state index >= 15 is 0 Å². The number of para-hydroxylation sites is 3. The molecule has 27 heavy (non-hydrogen) atoms. The van der Waals surface area contributed by atoms with Gasteiger partial charge in [-0.2, -0.15) is 0 Å². The first-order valence-corrected chi connectivity index (χ1v) is 8.59. The maximum Gasteiger partial charge on any atom is 0.295 e. The lowest BCUT2D eigenvalue weighted by Gasteiger charge is -2.25. The van der Waals surface area contributed by atoms with Gasteiger partial charge in [0.2, 0.25) is 6.10 Å². The highest BCUT2D eigenvalue weighted by atomic mass is 16.6. The third kappa shape index (κ3) is 2.97. The van der Waals surface area contributed by atoms with Gasteiger partial charge in [-0.1, -0.05) is 30.3 Å². The van der Waals surface area contributed by atoms with Crippen molar-refractivity contribution in [3.8, 4) is 17.2 Å². The first-order chi connectivity index (χ1) is 13.1. The largest absolute Gasteiger partial charge is 0.485 e. The molecule has 1 aliphatic heterocycles. The van der Waals surface area contributed by atoms with E-state index in [0.717, 1.165) is 5.69 Å². The lowest BCUT2D eigenvalue weighted by Crippen LogP contribution is -2.41. The topological polar surface area (TPSA) is 74.5 Å². The van der Waals surface area contributed by atoms with Crippen molar-refractivity contribution in [2.24, 2.45) is 7.05 Å². The molecule has 0 bridgehead atoms. The molecule has 138 valence electrons. The number of benzene rings is 2. The van der Waals surface area contributed by atoms with Crippen molar-refractivity contribution in [3.05, 3.63) is 70.6 Å². The summed E-state index contributed by atoms with van der Waals surface area (Å²) in [6.45, 7) is 1.87. The summed E-state index contributed by atoms with van der Waals surface area (Å²) in [5.74, 6) is 0.690. The van der Waals surface area contributed by atoms with Crippen molar-refractivity contribution in [1.82, 2.24) is 9.36 Å². The number of carbonyl (C=O) groups is 1. The molecular formula is C20H19N3O4. The van der Waals surface area contributed by atoms with Gasteiger partial charge in [0.25, 0.3) is 11.5 Å². The standard InChI is InChI=1S/C20H19N3O4/c1-13-18(20(25)23(22(13)2)14-8-4-3-5-9-14)21-19(24)17-12-26-15-10-6-7-11-16(15)27-17/h3-11,17H,12H2,1-2H3,(H,21,24). The Morgan fingerprint density at radius 3 is 2.48 bits per heavy atom. The summed E-state index contributed by atoms with van der Waals surface area (Å²) in [5, 5.41) is 2.71. The fourth-order valence-corrected chi connectivity index (χ4v) is 3.06. The smallest absolute Gasteiger partial charge is 0.295 e. The molecule has 1 amide bonds. The summed E-state index contributed by atoms with van der Waals surface area (Å²) in [7, 11) is 1.77. The number of hydrogen-bond acceptors (Lipinski definition) is 4. The lowest BCUT2D eigenvalue weighted by molar-refractivity contribution is -0.125. The summed E-state index contributed by atoms with van der Waals surface area (Å²) < 4.78 is 14.5. The monoisotopic (exact) mass is 365 g/mol. The van der Waals surface area contributed by atoms with E-state index in [1.165, 1.54) is 4.68 Å². The molecule has 0 radical (unpaired) electrons. The molecule has 4 rings (SSSR count). The maximum atomic E-state index is 12.9. The van der Waals surface area contributed by atoms with E-state index in [2.05, 4.69) is 5.32 Å². The van der Waals surface area contributed by atoms with Crippen LogP contribution in [0, 0.1) is 6.92 Å². The van der Waals surface area contributed by atoms with E-state index in [9.17, 15) is 9.59 Å². The van der Waals surface area contributed by atoms with Gasteiger partial charge in [0, 0.05) is 7.05 Å². The van der Waals surface area contributed by atoms with Gasteiger partial charge in [0.05, 0.1) is 11.4 Å². The molecular weight excluding hydrogens is 346 g/mol. The van der Waals surface area contributed by atoms with Crippen LogP contribution in [0.3, 0.4) is 0 Å². The van der Waals surface area contributed by atoms with Crippen molar-refractivity contribution in [2.45, 2.75) is 13.0 Å². The minimum Gasteiger partial charge on any atom is -0.485 e. The molecule has 1 aliphatic rings. The summed E-state index contributed by atoms with van der Waals surface area (Å²) in [4.78, 5) is 25.5. The maximum absolute atomic E-state index is 12.9. The van der Waals surface area contributed by atoms with Gasteiger partial charge in [0.15, 0.2) is 11.5 Å². The Balaban J connectivity index is 1.60. The van der Waals surface area contributed by atoms with E-state index in [4.69, 9.17) is 9.47 Å². The number of carbonyl (C=O) groups excluding carboxylic acids is 1. The molecule has 1 N–H and O–H groups in total. The minimum atomic E-state index is -0.830. The Morgan fingerprint density at radius 2 is 1.74 bits per heavy atom. The Bertz CT molecular complexity index is 1050. The Hall–Kier alpha value is -3.48. The number of aromatic nitrogens is 2. The van der Waals surface area contributed by atoms with Gasteiger partial charge in [-0.25, -0.2) is 4.68 Å². The van der Waals surface area contributed by atoms with Crippen molar-refractivity contribution >= 4 is 11.6 Å². The molecule has 1 atom stereocenters. The highest BCUT2D eigenvalue weighted by Crippen LogP contribution is 2.31. The third-order valence-corrected chi connectivity index (χ3v) is 4.60. The number of fused-ring (bicyclic) bond motifs is 1. The Kier molecular flexibility index (Phi) is 4.19. The zero-order valence-corrected chi connectivity index (χ0v) is 15.0. The van der Waals surface area contributed by atoms with Crippen LogP contribution in [0.1, 0.15) is 5.69 Å². The highest BCUT2D eigenvalue weighted by Gasteiger charge is 2.29. The van der Waals surface area contributed by atoms with E-state index in [0.29, 0.717) is 17.2 Å². The Labute approximate surface area is 155 Å². The molecule has 0 saturated carbocycles. The van der Waals surface area contributed by atoms with Crippen LogP contribution in [-0.2, 0) is 11.8 Å². The molecule has 0 spiro atoms. The summed E-state index contributed by atoms with van der Waals surface area (Å²) in [5.41, 5.74) is 1.30. The molecule has 0 aliphatic carbocycles. The van der Waals surface area contributed by atoms with Crippen LogP contribution in [0.4, 0.5) is 5.69 Å². The molecule has 1 aromatic heterocycles. The quantitative estimate of drug-likeness (QED) is 0.773. The van der Waals surface area contributed by atoms with Crippen LogP contribution < -0.4 is 20.3 Å². The predicted octanol–water partition coefficient (Wildman–Crippen LogP) is 2.26. The van der Waals surface area contributed by atoms with Crippen molar-refractivity contribution < 1.29 is 14.3 Å². The van der Waals surface area contributed by atoms with Crippen molar-refractivity contribution in [2.75, 3.05) is 11.9 Å². The van der Waals surface area contributed by atoms with Gasteiger partial charge in [-0.15, -0.1) is 0 Å². The van der Waals surface area contributed by atoms with Crippen molar-refractivity contribution in [3.63, 3.8) is 0 Å². The fourth-order valence-electron chi connectivity index (χ4n) is 3.06. The van der Waals surface area contributed by atoms with Gasteiger partial charge in [-0.3, -0.25) is 14.3 Å². The average molecular weight is 365 g/mol. The minimum absolute atomic E-state index is 0.0849. The third-order valence-electron chi connectivity index (χ3n) is 4.60.